The molecule has 4 nitrogen and oxygen atoms in total. The van der Waals surface area contributed by atoms with E-state index in [1.54, 1.807) is 30.3 Å². The van der Waals surface area contributed by atoms with Crippen LogP contribution in [0.2, 0.25) is 5.02 Å². The number of aromatic nitrogens is 1. The Kier molecular flexibility index (Phi) is 4.79. The van der Waals surface area contributed by atoms with Crippen molar-refractivity contribution in [1.82, 2.24) is 4.98 Å². The van der Waals surface area contributed by atoms with Gasteiger partial charge in [0.15, 0.2) is 0 Å². The molecule has 3 aromatic rings. The molecule has 0 saturated heterocycles. The van der Waals surface area contributed by atoms with E-state index in [1.165, 1.54) is 6.20 Å². The van der Waals surface area contributed by atoms with Crippen molar-refractivity contribution in [3.05, 3.63) is 70.9 Å². The Morgan fingerprint density at radius 1 is 1.04 bits per heavy atom. The van der Waals surface area contributed by atoms with E-state index < -0.39 is 26.6 Å². The molecule has 0 fully saturated rings. The molecule has 2 N–H and O–H groups in total. The molecule has 1 heterocycles. The van der Waals surface area contributed by atoms with Crippen molar-refractivity contribution in [3.8, 4) is 22.4 Å². The number of rotatable bonds is 3. The van der Waals surface area contributed by atoms with Gasteiger partial charge in [-0.25, -0.2) is 22.3 Å². The average Bonchev–Trinajstić information content (AvgIpc) is 2.58. The topological polar surface area (TPSA) is 73.0 Å². The Labute approximate surface area is 154 Å². The minimum atomic E-state index is -4.38. The third-order valence-electron chi connectivity index (χ3n) is 3.87. The fraction of sp³-hybridized carbons (Fsp3) is 0.0556. The molecule has 0 spiro atoms. The third kappa shape index (κ3) is 3.46. The second-order valence-corrected chi connectivity index (χ2v) is 7.61. The van der Waals surface area contributed by atoms with Crippen LogP contribution in [-0.4, -0.2) is 13.4 Å². The number of pyridine rings is 1. The number of halogens is 3. The van der Waals surface area contributed by atoms with Crippen LogP contribution in [0.15, 0.2) is 53.6 Å². The smallest absolute Gasteiger partial charge is 0.241 e. The summed E-state index contributed by atoms with van der Waals surface area (Å²) in [6, 6.07) is 9.72. The van der Waals surface area contributed by atoms with Crippen LogP contribution in [0.4, 0.5) is 8.78 Å². The maximum atomic E-state index is 14.5. The zero-order chi connectivity index (χ0) is 19.1. The minimum absolute atomic E-state index is 0.130. The van der Waals surface area contributed by atoms with Gasteiger partial charge < -0.3 is 0 Å². The number of hydrogen-bond donors (Lipinski definition) is 1. The molecule has 134 valence electrons. The molecule has 0 bridgehead atoms. The zero-order valence-electron chi connectivity index (χ0n) is 13.5. The molecule has 0 amide bonds. The van der Waals surface area contributed by atoms with E-state index in [4.69, 9.17) is 16.7 Å². The van der Waals surface area contributed by atoms with Crippen LogP contribution < -0.4 is 5.14 Å². The number of sulfonamides is 1. The highest BCUT2D eigenvalue weighted by Gasteiger charge is 2.21. The molecule has 0 aliphatic heterocycles. The third-order valence-corrected chi connectivity index (χ3v) is 5.20. The summed E-state index contributed by atoms with van der Waals surface area (Å²) in [5, 5.41) is 5.42. The maximum Gasteiger partial charge on any atom is 0.241 e. The summed E-state index contributed by atoms with van der Waals surface area (Å²) in [6.45, 7) is 1.84. The van der Waals surface area contributed by atoms with Crippen molar-refractivity contribution in [3.63, 3.8) is 0 Å². The first kappa shape index (κ1) is 18.4. The second kappa shape index (κ2) is 6.75. The van der Waals surface area contributed by atoms with Crippen molar-refractivity contribution >= 4 is 21.6 Å². The van der Waals surface area contributed by atoms with E-state index in [0.29, 0.717) is 27.9 Å². The lowest BCUT2D eigenvalue weighted by Gasteiger charge is -2.12. The Balaban J connectivity index is 2.23. The van der Waals surface area contributed by atoms with Crippen LogP contribution in [0.3, 0.4) is 0 Å². The lowest BCUT2D eigenvalue weighted by molar-refractivity contribution is 0.555. The number of nitrogens with zero attached hydrogens (tertiary/aromatic N) is 1. The van der Waals surface area contributed by atoms with E-state index in [-0.39, 0.29) is 5.56 Å². The van der Waals surface area contributed by atoms with Crippen LogP contribution in [0.25, 0.3) is 22.4 Å². The molecule has 1 aromatic heterocycles. The van der Waals surface area contributed by atoms with Gasteiger partial charge in [0, 0.05) is 27.9 Å². The first-order valence-corrected chi connectivity index (χ1v) is 9.34. The van der Waals surface area contributed by atoms with Gasteiger partial charge in [-0.3, -0.25) is 4.98 Å². The molecule has 2 aromatic carbocycles. The normalized spacial score (nSPS) is 11.6. The largest absolute Gasteiger partial charge is 0.256 e. The lowest BCUT2D eigenvalue weighted by Crippen LogP contribution is -2.14. The number of nitrogens with two attached hydrogens (primary N) is 1. The van der Waals surface area contributed by atoms with Crippen molar-refractivity contribution in [2.45, 2.75) is 11.8 Å². The van der Waals surface area contributed by atoms with Gasteiger partial charge in [0.05, 0.1) is 5.69 Å². The molecule has 0 radical (unpaired) electrons. The van der Waals surface area contributed by atoms with Crippen LogP contribution >= 0.6 is 11.6 Å². The summed E-state index contributed by atoms with van der Waals surface area (Å²) >= 11 is 6.15. The number of aryl methyl sites for hydroxylation is 1. The highest BCUT2D eigenvalue weighted by atomic mass is 35.5. The van der Waals surface area contributed by atoms with Gasteiger partial charge in [0.1, 0.15) is 16.5 Å². The fourth-order valence-corrected chi connectivity index (χ4v) is 3.32. The van der Waals surface area contributed by atoms with Gasteiger partial charge in [0.25, 0.3) is 0 Å². The van der Waals surface area contributed by atoms with Crippen molar-refractivity contribution in [2.24, 2.45) is 5.14 Å². The monoisotopic (exact) mass is 394 g/mol. The number of benzene rings is 2. The van der Waals surface area contributed by atoms with E-state index in [1.807, 2.05) is 6.92 Å². The predicted molar refractivity (Wildman–Crippen MR) is 96.1 cm³/mol. The highest BCUT2D eigenvalue weighted by molar-refractivity contribution is 7.89. The summed E-state index contributed by atoms with van der Waals surface area (Å²) in [6.07, 6.45) is 1.51. The van der Waals surface area contributed by atoms with E-state index in [9.17, 15) is 17.2 Å². The molecular weight excluding hydrogens is 382 g/mol. The quantitative estimate of drug-likeness (QED) is 0.719. The van der Waals surface area contributed by atoms with Crippen molar-refractivity contribution in [1.29, 1.82) is 0 Å². The molecule has 26 heavy (non-hydrogen) atoms. The predicted octanol–water partition coefficient (Wildman–Crippen LogP) is 4.30. The number of hydrogen-bond acceptors (Lipinski definition) is 3. The van der Waals surface area contributed by atoms with Crippen LogP contribution in [0, 0.1) is 18.6 Å². The van der Waals surface area contributed by atoms with E-state index in [2.05, 4.69) is 4.98 Å². The molecular formula is C18H13ClF2N2O2S. The fourth-order valence-electron chi connectivity index (χ4n) is 2.55. The summed E-state index contributed by atoms with van der Waals surface area (Å²) in [4.78, 5) is 3.35. The van der Waals surface area contributed by atoms with Crippen LogP contribution in [-0.2, 0) is 10.0 Å². The molecule has 3 rings (SSSR count). The van der Waals surface area contributed by atoms with Gasteiger partial charge >= 0.3 is 0 Å². The SMILES string of the molecule is Cc1ccc(-c2ncccc2-c2cc(F)c(S(N)(=O)=O)cc2F)cc1Cl. The minimum Gasteiger partial charge on any atom is -0.256 e. The van der Waals surface area contributed by atoms with Gasteiger partial charge in [-0.15, -0.1) is 0 Å². The first-order valence-electron chi connectivity index (χ1n) is 7.42. The summed E-state index contributed by atoms with van der Waals surface area (Å²) in [5.41, 5.74) is 2.03. The Morgan fingerprint density at radius 3 is 2.42 bits per heavy atom. The summed E-state index contributed by atoms with van der Waals surface area (Å²) < 4.78 is 51.5. The first-order chi connectivity index (χ1) is 12.2. The van der Waals surface area contributed by atoms with E-state index in [0.717, 1.165) is 11.6 Å². The molecule has 0 aliphatic carbocycles. The molecule has 0 aliphatic rings. The van der Waals surface area contributed by atoms with Gasteiger partial charge in [-0.2, -0.15) is 0 Å². The maximum absolute atomic E-state index is 14.5. The molecule has 0 saturated carbocycles. The second-order valence-electron chi connectivity index (χ2n) is 5.67. The van der Waals surface area contributed by atoms with Gasteiger partial charge in [-0.1, -0.05) is 29.8 Å². The zero-order valence-corrected chi connectivity index (χ0v) is 15.1. The van der Waals surface area contributed by atoms with Crippen molar-refractivity contribution < 1.29 is 17.2 Å². The number of primary sulfonamides is 1. The summed E-state index contributed by atoms with van der Waals surface area (Å²) in [5.74, 6) is -2.07. The van der Waals surface area contributed by atoms with Crippen molar-refractivity contribution in [2.75, 3.05) is 0 Å². The summed E-state index contributed by atoms with van der Waals surface area (Å²) in [7, 11) is -4.38. The van der Waals surface area contributed by atoms with Gasteiger partial charge in [-0.05, 0) is 36.8 Å². The molecule has 8 heteroatoms. The molecule has 0 unspecified atom stereocenters. The average molecular weight is 395 g/mol. The highest BCUT2D eigenvalue weighted by Crippen LogP contribution is 2.35. The standard InChI is InChI=1S/C18H13ClF2N2O2S/c1-10-4-5-11(7-14(10)19)18-12(3-2-6-23-18)13-8-16(21)17(9-15(13)20)26(22,24)25/h2-9H,1H3,(H2,22,24,25). The van der Waals surface area contributed by atoms with Crippen LogP contribution in [0.1, 0.15) is 5.56 Å². The van der Waals surface area contributed by atoms with Crippen LogP contribution in [0.5, 0.6) is 0 Å². The lowest BCUT2D eigenvalue weighted by atomic mass is 9.98. The Hall–Kier alpha value is -2.35. The van der Waals surface area contributed by atoms with Gasteiger partial charge in [0.2, 0.25) is 10.0 Å². The Bertz CT molecular complexity index is 1120. The Morgan fingerprint density at radius 2 is 1.77 bits per heavy atom. The molecule has 0 atom stereocenters. The van der Waals surface area contributed by atoms with E-state index >= 15 is 0 Å².